The van der Waals surface area contributed by atoms with E-state index >= 15 is 0 Å². The van der Waals surface area contributed by atoms with Gasteiger partial charge in [-0.2, -0.15) is 0 Å². The molecule has 1 unspecified atom stereocenters. The van der Waals surface area contributed by atoms with Gasteiger partial charge in [-0.25, -0.2) is 0 Å². The molecule has 1 rings (SSSR count). The van der Waals surface area contributed by atoms with Gasteiger partial charge in [-0.15, -0.1) is 0 Å². The summed E-state index contributed by atoms with van der Waals surface area (Å²) in [5.74, 6) is 0.853. The Morgan fingerprint density at radius 2 is 1.53 bits per heavy atom. The Hall–Kier alpha value is 1.11. The second-order valence-corrected chi connectivity index (χ2v) is 6.59. The van der Waals surface area contributed by atoms with Crippen LogP contribution < -0.4 is 43.0 Å². The SMILES string of the molecule is CC(C)NC(C)C.CC1CCCN(C)C1(C)C.[H-].[H-].[Li+].[Li+]. The third-order valence-electron chi connectivity index (χ3n) is 3.99. The average molecular weight is 258 g/mol. The van der Waals surface area contributed by atoms with E-state index in [1.54, 1.807) is 0 Å². The molecule has 0 saturated carbocycles. The van der Waals surface area contributed by atoms with Crippen molar-refractivity contribution in [1.29, 1.82) is 0 Å². The summed E-state index contributed by atoms with van der Waals surface area (Å²) in [5.41, 5.74) is 0.429. The summed E-state index contributed by atoms with van der Waals surface area (Å²) in [6.07, 6.45) is 2.78. The van der Waals surface area contributed by atoms with Crippen LogP contribution in [0.15, 0.2) is 0 Å². The quantitative estimate of drug-likeness (QED) is 0.563. The van der Waals surface area contributed by atoms with Crippen molar-refractivity contribution in [3.05, 3.63) is 0 Å². The third kappa shape index (κ3) is 10.5. The fourth-order valence-electron chi connectivity index (χ4n) is 2.32. The van der Waals surface area contributed by atoms with E-state index in [0.29, 0.717) is 17.6 Å². The standard InChI is InChI=1S/C9H19N.C6H15N.2Li.2H/c1-8-6-5-7-10(4)9(8,2)3;1-5(2)7-6(3)4;;;;/h8H,5-7H2,1-4H3;5-7H,1-4H3;;;;/q;;2*+1;2*-1. The molecule has 0 aliphatic carbocycles. The Labute approximate surface area is 149 Å². The van der Waals surface area contributed by atoms with Crippen LogP contribution in [0.2, 0.25) is 0 Å². The molecule has 1 fully saturated rings. The van der Waals surface area contributed by atoms with Crippen LogP contribution in [-0.2, 0) is 0 Å². The molecule has 0 spiro atoms. The van der Waals surface area contributed by atoms with Gasteiger partial charge >= 0.3 is 37.7 Å². The van der Waals surface area contributed by atoms with Crippen LogP contribution in [0.4, 0.5) is 0 Å². The maximum absolute atomic E-state index is 3.31. The van der Waals surface area contributed by atoms with E-state index in [1.807, 2.05) is 0 Å². The van der Waals surface area contributed by atoms with E-state index in [2.05, 4.69) is 65.7 Å². The summed E-state index contributed by atoms with van der Waals surface area (Å²) in [4.78, 5) is 2.47. The Morgan fingerprint density at radius 1 is 1.11 bits per heavy atom. The Bertz CT molecular complexity index is 198. The monoisotopic (exact) mass is 258 g/mol. The fourth-order valence-corrected chi connectivity index (χ4v) is 2.32. The Balaban J connectivity index is -0.0000000713. The van der Waals surface area contributed by atoms with Crippen molar-refractivity contribution in [2.75, 3.05) is 13.6 Å². The maximum Gasteiger partial charge on any atom is 1.00 e. The zero-order chi connectivity index (χ0) is 13.6. The predicted octanol–water partition coefficient (Wildman–Crippen LogP) is -2.25. The molecule has 19 heavy (non-hydrogen) atoms. The number of hydrogen-bond acceptors (Lipinski definition) is 2. The predicted molar refractivity (Wildman–Crippen MR) is 80.7 cm³/mol. The molecule has 0 radical (unpaired) electrons. The number of hydrogen-bond donors (Lipinski definition) is 1. The van der Waals surface area contributed by atoms with Gasteiger partial charge in [-0.05, 0) is 46.2 Å². The Kier molecular flexibility index (Phi) is 15.5. The van der Waals surface area contributed by atoms with Crippen LogP contribution >= 0.6 is 0 Å². The van der Waals surface area contributed by atoms with Crippen molar-refractivity contribution in [2.45, 2.75) is 78.9 Å². The average Bonchev–Trinajstić information content (AvgIpc) is 2.13. The maximum atomic E-state index is 3.31. The molecule has 0 amide bonds. The number of rotatable bonds is 2. The van der Waals surface area contributed by atoms with Gasteiger partial charge in [-0.3, -0.25) is 0 Å². The van der Waals surface area contributed by atoms with Crippen molar-refractivity contribution in [3.63, 3.8) is 0 Å². The second kappa shape index (κ2) is 11.7. The van der Waals surface area contributed by atoms with Gasteiger partial charge in [0.15, 0.2) is 0 Å². The van der Waals surface area contributed by atoms with Crippen LogP contribution in [0, 0.1) is 5.92 Å². The van der Waals surface area contributed by atoms with Crippen LogP contribution in [0.25, 0.3) is 0 Å². The molecule has 0 aromatic rings. The van der Waals surface area contributed by atoms with Crippen molar-refractivity contribution < 1.29 is 40.6 Å². The van der Waals surface area contributed by atoms with Gasteiger partial charge in [0.05, 0.1) is 0 Å². The molecule has 1 aliphatic rings. The number of nitrogens with zero attached hydrogens (tertiary/aromatic N) is 1. The van der Waals surface area contributed by atoms with Gasteiger partial charge in [-0.1, -0.05) is 34.6 Å². The van der Waals surface area contributed by atoms with Crippen LogP contribution in [0.5, 0.6) is 0 Å². The minimum atomic E-state index is 0. The van der Waals surface area contributed by atoms with E-state index in [-0.39, 0.29) is 40.6 Å². The van der Waals surface area contributed by atoms with Gasteiger partial charge < -0.3 is 13.1 Å². The van der Waals surface area contributed by atoms with Crippen molar-refractivity contribution in [2.24, 2.45) is 5.92 Å². The van der Waals surface area contributed by atoms with Gasteiger partial charge in [0.2, 0.25) is 0 Å². The molecule has 0 aromatic carbocycles. The third-order valence-corrected chi connectivity index (χ3v) is 3.99. The summed E-state index contributed by atoms with van der Waals surface area (Å²) in [6, 6.07) is 1.25. The molecule has 4 heteroatoms. The molecule has 0 bridgehead atoms. The van der Waals surface area contributed by atoms with Crippen molar-refractivity contribution >= 4 is 0 Å². The topological polar surface area (TPSA) is 15.3 Å². The van der Waals surface area contributed by atoms with E-state index in [9.17, 15) is 0 Å². The molecule has 108 valence electrons. The molecule has 1 N–H and O–H groups in total. The van der Waals surface area contributed by atoms with Gasteiger partial charge in [0, 0.05) is 17.6 Å². The smallest absolute Gasteiger partial charge is 1.00 e. The molecular formula is C15H36Li2N2. The van der Waals surface area contributed by atoms with E-state index < -0.39 is 0 Å². The van der Waals surface area contributed by atoms with E-state index in [0.717, 1.165) is 5.92 Å². The van der Waals surface area contributed by atoms with Crippen molar-refractivity contribution in [3.8, 4) is 0 Å². The normalized spacial score (nSPS) is 22.1. The molecule has 1 atom stereocenters. The molecular weight excluding hydrogens is 222 g/mol. The van der Waals surface area contributed by atoms with E-state index in [1.165, 1.54) is 19.4 Å². The summed E-state index contributed by atoms with van der Waals surface area (Å²) in [7, 11) is 2.23. The molecule has 1 saturated heterocycles. The largest absolute Gasteiger partial charge is 1.00 e. The summed E-state index contributed by atoms with van der Waals surface area (Å²) >= 11 is 0. The van der Waals surface area contributed by atoms with Crippen LogP contribution in [-0.4, -0.2) is 36.1 Å². The van der Waals surface area contributed by atoms with Crippen LogP contribution in [0.1, 0.15) is 64.2 Å². The summed E-state index contributed by atoms with van der Waals surface area (Å²) in [5, 5.41) is 3.31. The molecule has 2 nitrogen and oxygen atoms in total. The first kappa shape index (κ1) is 25.1. The minimum absolute atomic E-state index is 0. The molecule has 1 heterocycles. The fraction of sp³-hybridized carbons (Fsp3) is 1.00. The molecule has 0 aromatic heterocycles. The van der Waals surface area contributed by atoms with Gasteiger partial charge in [0.1, 0.15) is 0 Å². The number of nitrogens with one attached hydrogen (secondary N) is 1. The Morgan fingerprint density at radius 3 is 1.74 bits per heavy atom. The zero-order valence-electron chi connectivity index (χ0n) is 17.3. The molecule has 1 aliphatic heterocycles. The summed E-state index contributed by atoms with van der Waals surface area (Å²) < 4.78 is 0. The number of piperidine rings is 1. The van der Waals surface area contributed by atoms with Gasteiger partial charge in [0.25, 0.3) is 0 Å². The second-order valence-electron chi connectivity index (χ2n) is 6.59. The number of likely N-dealkylation sites (tertiary alicyclic amines) is 1. The van der Waals surface area contributed by atoms with Crippen LogP contribution in [0.3, 0.4) is 0 Å². The first-order valence-electron chi connectivity index (χ1n) is 7.15. The minimum Gasteiger partial charge on any atom is -1.00 e. The first-order valence-corrected chi connectivity index (χ1v) is 7.15. The summed E-state index contributed by atoms with van der Waals surface area (Å²) in [6.45, 7) is 16.9. The zero-order valence-corrected chi connectivity index (χ0v) is 15.3. The first-order chi connectivity index (χ1) is 7.67. The van der Waals surface area contributed by atoms with E-state index in [4.69, 9.17) is 0 Å². The van der Waals surface area contributed by atoms with Crippen molar-refractivity contribution in [1.82, 2.24) is 10.2 Å².